The molecule has 0 heterocycles. The second-order valence-electron chi connectivity index (χ2n) is 12.4. The highest BCUT2D eigenvalue weighted by Crippen LogP contribution is 2.38. The molecule has 0 saturated heterocycles. The molecule has 7 N–H and O–H groups in total. The monoisotopic (exact) mass is 651 g/mol. The second kappa shape index (κ2) is 15.1. The maximum Gasteiger partial charge on any atom is 0.0922 e. The van der Waals surface area contributed by atoms with Crippen LogP contribution in [0.2, 0.25) is 0 Å². The van der Waals surface area contributed by atoms with E-state index in [1.807, 2.05) is 103 Å². The Balaban J connectivity index is 1.24. The Bertz CT molecular complexity index is 2060. The Hall–Kier alpha value is -5.98. The van der Waals surface area contributed by atoms with Crippen LogP contribution < -0.4 is 27.6 Å². The summed E-state index contributed by atoms with van der Waals surface area (Å²) < 4.78 is 0. The Kier molecular flexibility index (Phi) is 9.81. The fraction of sp³-hybridized carbons (Fsp3) is 0.0667. The molecule has 0 aromatic heterocycles. The molecule has 5 nitrogen and oxygen atoms in total. The van der Waals surface area contributed by atoms with Gasteiger partial charge in [-0.3, -0.25) is 0 Å². The number of nitrogens with one attached hydrogen (secondary N) is 3. The number of anilines is 3. The van der Waals surface area contributed by atoms with E-state index in [-0.39, 0.29) is 12.1 Å². The Labute approximate surface area is 294 Å². The lowest BCUT2D eigenvalue weighted by Crippen LogP contribution is -2.39. The van der Waals surface area contributed by atoms with E-state index in [2.05, 4.69) is 107 Å². The van der Waals surface area contributed by atoms with Gasteiger partial charge in [0.1, 0.15) is 0 Å². The van der Waals surface area contributed by atoms with Crippen molar-refractivity contribution in [2.24, 2.45) is 11.5 Å². The van der Waals surface area contributed by atoms with Gasteiger partial charge in [0.15, 0.2) is 0 Å². The number of nitrogens with two attached hydrogens (primary N) is 2. The van der Waals surface area contributed by atoms with Crippen LogP contribution in [0, 0.1) is 0 Å². The van der Waals surface area contributed by atoms with Crippen LogP contribution in [0.5, 0.6) is 0 Å². The quantitative estimate of drug-likeness (QED) is 0.0671. The van der Waals surface area contributed by atoms with Gasteiger partial charge < -0.3 is 22.2 Å². The number of para-hydroxylation sites is 3. The minimum atomic E-state index is -0.814. The van der Waals surface area contributed by atoms with Crippen LogP contribution in [0.25, 0.3) is 11.1 Å². The zero-order valence-corrected chi connectivity index (χ0v) is 27.8. The van der Waals surface area contributed by atoms with E-state index in [1.54, 1.807) is 0 Å². The number of hydrogen-bond donors (Lipinski definition) is 5. The third-order valence-electron chi connectivity index (χ3n) is 9.29. The van der Waals surface area contributed by atoms with Crippen LogP contribution in [0.15, 0.2) is 194 Å². The molecular weight excluding hydrogens is 611 g/mol. The molecule has 50 heavy (non-hydrogen) atoms. The molecule has 0 aliphatic rings. The zero-order valence-electron chi connectivity index (χ0n) is 27.8. The van der Waals surface area contributed by atoms with Crippen molar-refractivity contribution >= 4 is 17.1 Å². The molecule has 0 fully saturated rings. The average molecular weight is 652 g/mol. The van der Waals surface area contributed by atoms with Gasteiger partial charge in [-0.15, -0.1) is 0 Å². The predicted molar refractivity (Wildman–Crippen MR) is 208 cm³/mol. The lowest BCUT2D eigenvalue weighted by Gasteiger charge is -2.32. The summed E-state index contributed by atoms with van der Waals surface area (Å²) in [6, 6.07) is 65.5. The van der Waals surface area contributed by atoms with Gasteiger partial charge in [0.2, 0.25) is 0 Å². The second-order valence-corrected chi connectivity index (χ2v) is 12.4. The topological polar surface area (TPSA) is 88.1 Å². The van der Waals surface area contributed by atoms with Crippen LogP contribution >= 0.6 is 0 Å². The van der Waals surface area contributed by atoms with Gasteiger partial charge in [0.05, 0.1) is 29.0 Å². The van der Waals surface area contributed by atoms with E-state index in [9.17, 15) is 0 Å². The lowest BCUT2D eigenvalue weighted by molar-refractivity contribution is 0.489. The molecule has 0 saturated carbocycles. The highest BCUT2D eigenvalue weighted by Gasteiger charge is 2.32. The van der Waals surface area contributed by atoms with Gasteiger partial charge in [-0.25, -0.2) is 5.43 Å². The number of hydrogen-bond acceptors (Lipinski definition) is 5. The molecule has 0 spiro atoms. The molecule has 7 rings (SSSR count). The third-order valence-corrected chi connectivity index (χ3v) is 9.29. The molecule has 7 aromatic carbocycles. The number of rotatable bonds is 12. The van der Waals surface area contributed by atoms with Crippen molar-refractivity contribution in [1.29, 1.82) is 0 Å². The van der Waals surface area contributed by atoms with E-state index in [0.29, 0.717) is 0 Å². The minimum absolute atomic E-state index is 0.291. The lowest BCUT2D eigenvalue weighted by atomic mass is 9.77. The van der Waals surface area contributed by atoms with Gasteiger partial charge in [0, 0.05) is 5.69 Å². The summed E-state index contributed by atoms with van der Waals surface area (Å²) in [4.78, 5) is 0. The first-order valence-electron chi connectivity index (χ1n) is 16.9. The first kappa shape index (κ1) is 32.6. The maximum absolute atomic E-state index is 7.35. The van der Waals surface area contributed by atoms with E-state index in [1.165, 1.54) is 0 Å². The summed E-state index contributed by atoms with van der Waals surface area (Å²) in [5.74, 6) is 0. The van der Waals surface area contributed by atoms with E-state index in [4.69, 9.17) is 11.5 Å². The molecule has 0 bridgehead atoms. The van der Waals surface area contributed by atoms with E-state index < -0.39 is 5.54 Å². The smallest absolute Gasteiger partial charge is 0.0922 e. The number of hydrazine groups is 1. The molecule has 0 aliphatic carbocycles. The van der Waals surface area contributed by atoms with Crippen LogP contribution in [0.4, 0.5) is 17.1 Å². The Morgan fingerprint density at radius 3 is 1.56 bits per heavy atom. The molecule has 0 aliphatic heterocycles. The highest BCUT2D eigenvalue weighted by molar-refractivity contribution is 5.74. The van der Waals surface area contributed by atoms with Crippen LogP contribution in [0.3, 0.4) is 0 Å². The molecule has 7 aromatic rings. The van der Waals surface area contributed by atoms with E-state index in [0.717, 1.165) is 56.0 Å². The number of benzene rings is 7. The summed E-state index contributed by atoms with van der Waals surface area (Å²) in [5, 5.41) is 3.53. The molecule has 2 atom stereocenters. The SMILES string of the molecule is N[C@H](c1ccccc1)[C@@H](NNc1ccccc1Nc1ccccc1)c1ccccc1-c1ccc(C(N)(c2ccccc2)c2ccccc2)cc1. The van der Waals surface area contributed by atoms with E-state index >= 15 is 0 Å². The molecular formula is C45H41N5. The standard InChI is InChI=1S/C45H41N5/c46-43(34-17-5-1-6-18-34)44(50-49-42-28-16-15-27-41(42)48-38-23-11-4-12-24-38)40-26-14-13-25-39(40)33-29-31-37(32-30-33)45(47,35-19-7-2-8-20-35)36-21-9-3-10-22-36/h1-32,43-44,48-50H,46-47H2/t43-,44+/m1/s1. The molecule has 5 heteroatoms. The van der Waals surface area contributed by atoms with Crippen molar-refractivity contribution in [3.63, 3.8) is 0 Å². The zero-order chi connectivity index (χ0) is 34.2. The van der Waals surface area contributed by atoms with Crippen LogP contribution in [-0.4, -0.2) is 0 Å². The summed E-state index contributed by atoms with van der Waals surface area (Å²) in [5.41, 5.74) is 31.0. The van der Waals surface area contributed by atoms with Crippen molar-refractivity contribution in [3.05, 3.63) is 222 Å². The van der Waals surface area contributed by atoms with Gasteiger partial charge in [-0.2, -0.15) is 0 Å². The minimum Gasteiger partial charge on any atom is -0.354 e. The Morgan fingerprint density at radius 2 is 0.940 bits per heavy atom. The largest absolute Gasteiger partial charge is 0.354 e. The van der Waals surface area contributed by atoms with Gasteiger partial charge in [-0.1, -0.05) is 170 Å². The van der Waals surface area contributed by atoms with Crippen LogP contribution in [0.1, 0.15) is 39.9 Å². The third kappa shape index (κ3) is 6.93. The van der Waals surface area contributed by atoms with Gasteiger partial charge in [-0.05, 0) is 63.2 Å². The summed E-state index contributed by atoms with van der Waals surface area (Å²) in [6.07, 6.45) is 0. The Morgan fingerprint density at radius 1 is 0.460 bits per heavy atom. The maximum atomic E-state index is 7.35. The molecule has 246 valence electrons. The van der Waals surface area contributed by atoms with Crippen molar-refractivity contribution < 1.29 is 0 Å². The van der Waals surface area contributed by atoms with Crippen molar-refractivity contribution in [3.8, 4) is 11.1 Å². The van der Waals surface area contributed by atoms with Crippen molar-refractivity contribution in [1.82, 2.24) is 5.43 Å². The molecule has 0 unspecified atom stereocenters. The summed E-state index contributed by atoms with van der Waals surface area (Å²) in [6.45, 7) is 0. The predicted octanol–water partition coefficient (Wildman–Crippen LogP) is 9.71. The first-order chi connectivity index (χ1) is 24.6. The summed E-state index contributed by atoms with van der Waals surface area (Å²) >= 11 is 0. The van der Waals surface area contributed by atoms with Crippen LogP contribution in [-0.2, 0) is 5.54 Å². The fourth-order valence-electron chi connectivity index (χ4n) is 6.61. The average Bonchev–Trinajstić information content (AvgIpc) is 3.20. The van der Waals surface area contributed by atoms with Gasteiger partial charge >= 0.3 is 0 Å². The first-order valence-corrected chi connectivity index (χ1v) is 16.9. The highest BCUT2D eigenvalue weighted by atomic mass is 15.4. The molecule has 0 radical (unpaired) electrons. The van der Waals surface area contributed by atoms with Crippen molar-refractivity contribution in [2.45, 2.75) is 17.6 Å². The molecule has 0 amide bonds. The summed E-state index contributed by atoms with van der Waals surface area (Å²) in [7, 11) is 0. The van der Waals surface area contributed by atoms with Gasteiger partial charge in [0.25, 0.3) is 0 Å². The normalized spacial score (nSPS) is 12.5. The van der Waals surface area contributed by atoms with Crippen molar-refractivity contribution in [2.75, 3.05) is 10.7 Å². The fourth-order valence-corrected chi connectivity index (χ4v) is 6.61.